The van der Waals surface area contributed by atoms with Gasteiger partial charge in [-0.2, -0.15) is 0 Å². The first-order chi connectivity index (χ1) is 13.8. The first-order valence-corrected chi connectivity index (χ1v) is 9.74. The molecule has 134 valence electrons. The van der Waals surface area contributed by atoms with Gasteiger partial charge in [0.05, 0.1) is 5.52 Å². The highest BCUT2D eigenvalue weighted by Gasteiger charge is 2.12. The lowest BCUT2D eigenvalue weighted by molar-refractivity contribution is 1.00. The molecule has 0 aliphatic rings. The predicted octanol–water partition coefficient (Wildman–Crippen LogP) is 6.56. The maximum absolute atomic E-state index is 3.52. The molecule has 0 atom stereocenters. The molecule has 4 aromatic carbocycles. The highest BCUT2D eigenvalue weighted by Crippen LogP contribution is 2.32. The molecule has 2 heterocycles. The topological polar surface area (TPSA) is 20.7 Å². The van der Waals surface area contributed by atoms with Crippen molar-refractivity contribution in [1.29, 1.82) is 0 Å². The molecule has 6 rings (SSSR count). The number of nitrogens with one attached hydrogen (secondary N) is 1. The minimum atomic E-state index is 0.928. The number of benzene rings is 4. The van der Waals surface area contributed by atoms with Crippen LogP contribution in [0.4, 0.5) is 0 Å². The van der Waals surface area contributed by atoms with Gasteiger partial charge in [-0.05, 0) is 41.8 Å². The van der Waals surface area contributed by atoms with Gasteiger partial charge in [0.2, 0.25) is 0 Å². The van der Waals surface area contributed by atoms with Crippen molar-refractivity contribution in [3.63, 3.8) is 0 Å². The average molecular weight is 360 g/mol. The van der Waals surface area contributed by atoms with Crippen molar-refractivity contribution < 1.29 is 0 Å². The number of hydrogen-bond acceptors (Lipinski definition) is 0. The van der Waals surface area contributed by atoms with Gasteiger partial charge in [0.25, 0.3) is 0 Å². The van der Waals surface area contributed by atoms with Crippen molar-refractivity contribution in [1.82, 2.24) is 9.55 Å². The molecule has 1 N–H and O–H groups in total. The third-order valence-electron chi connectivity index (χ3n) is 5.98. The molecule has 0 fully saturated rings. The van der Waals surface area contributed by atoms with Crippen molar-refractivity contribution in [2.45, 2.75) is 6.42 Å². The fraction of sp³-hybridized carbons (Fsp3) is 0.0769. The quantitative estimate of drug-likeness (QED) is 0.361. The third-order valence-corrected chi connectivity index (χ3v) is 5.98. The Kier molecular flexibility index (Phi) is 3.18. The summed E-state index contributed by atoms with van der Waals surface area (Å²) >= 11 is 0. The molecule has 0 radical (unpaired) electrons. The Hall–Kier alpha value is -3.52. The van der Waals surface area contributed by atoms with Gasteiger partial charge in [-0.15, -0.1) is 0 Å². The molecule has 2 aromatic heterocycles. The first kappa shape index (κ1) is 15.5. The van der Waals surface area contributed by atoms with Crippen LogP contribution >= 0.6 is 0 Å². The summed E-state index contributed by atoms with van der Waals surface area (Å²) in [6.07, 6.45) is 0.928. The minimum absolute atomic E-state index is 0.928. The van der Waals surface area contributed by atoms with Crippen molar-refractivity contribution in [2.75, 3.05) is 0 Å². The van der Waals surface area contributed by atoms with Crippen LogP contribution in [0.15, 0.2) is 84.9 Å². The Morgan fingerprint density at radius 1 is 0.679 bits per heavy atom. The van der Waals surface area contributed by atoms with E-state index >= 15 is 0 Å². The second kappa shape index (κ2) is 5.74. The lowest BCUT2D eigenvalue weighted by atomic mass is 10.00. The van der Waals surface area contributed by atoms with E-state index in [1.165, 1.54) is 54.7 Å². The van der Waals surface area contributed by atoms with E-state index in [1.807, 2.05) is 0 Å². The van der Waals surface area contributed by atoms with Gasteiger partial charge in [-0.3, -0.25) is 0 Å². The van der Waals surface area contributed by atoms with E-state index in [4.69, 9.17) is 0 Å². The second-order valence-corrected chi connectivity index (χ2v) is 7.62. The number of fused-ring (bicyclic) bond motifs is 6. The number of hydrogen-bond donors (Lipinski definition) is 1. The summed E-state index contributed by atoms with van der Waals surface area (Å²) < 4.78 is 2.34. The van der Waals surface area contributed by atoms with Crippen molar-refractivity contribution in [2.24, 2.45) is 7.05 Å². The number of para-hydroxylation sites is 3. The van der Waals surface area contributed by atoms with Crippen LogP contribution in [-0.4, -0.2) is 9.55 Å². The van der Waals surface area contributed by atoms with E-state index in [9.17, 15) is 0 Å². The SMILES string of the molecule is Cn1c2ccccc2c2cccc(Cc3ccc4[nH]c5ccccc5c4c3)c21. The minimum Gasteiger partial charge on any atom is -0.355 e. The standard InChI is InChI=1S/C26H20N2/c1-28-25-12-5-3-9-20(25)21-10-6-7-18(26(21)28)15-17-13-14-24-22(16-17)19-8-2-4-11-23(19)27-24/h2-14,16,27H,15H2,1H3. The summed E-state index contributed by atoms with van der Waals surface area (Å²) in [4.78, 5) is 3.52. The molecule has 0 bridgehead atoms. The maximum Gasteiger partial charge on any atom is 0.0524 e. The first-order valence-electron chi connectivity index (χ1n) is 9.74. The Balaban J connectivity index is 1.54. The van der Waals surface area contributed by atoms with Gasteiger partial charge in [0.15, 0.2) is 0 Å². The monoisotopic (exact) mass is 360 g/mol. The summed E-state index contributed by atoms with van der Waals surface area (Å²) in [6, 6.07) is 30.7. The zero-order chi connectivity index (χ0) is 18.7. The normalized spacial score (nSPS) is 11.9. The van der Waals surface area contributed by atoms with Crippen molar-refractivity contribution in [3.05, 3.63) is 96.1 Å². The highest BCUT2D eigenvalue weighted by molar-refractivity contribution is 6.09. The zero-order valence-electron chi connectivity index (χ0n) is 15.7. The predicted molar refractivity (Wildman–Crippen MR) is 119 cm³/mol. The maximum atomic E-state index is 3.52. The molecule has 0 spiro atoms. The Labute approximate surface area is 163 Å². The summed E-state index contributed by atoms with van der Waals surface area (Å²) in [5, 5.41) is 5.26. The summed E-state index contributed by atoms with van der Waals surface area (Å²) in [7, 11) is 2.18. The molecule has 0 aliphatic carbocycles. The van der Waals surface area contributed by atoms with E-state index in [-0.39, 0.29) is 0 Å². The van der Waals surface area contributed by atoms with E-state index < -0.39 is 0 Å². The largest absolute Gasteiger partial charge is 0.355 e. The third kappa shape index (κ3) is 2.15. The van der Waals surface area contributed by atoms with Crippen LogP contribution in [0.1, 0.15) is 11.1 Å². The summed E-state index contributed by atoms with van der Waals surface area (Å²) in [5.74, 6) is 0. The van der Waals surface area contributed by atoms with Gasteiger partial charge in [0, 0.05) is 45.1 Å². The van der Waals surface area contributed by atoms with E-state index in [0.717, 1.165) is 6.42 Å². The lowest BCUT2D eigenvalue weighted by Crippen LogP contribution is -1.94. The van der Waals surface area contributed by atoms with Gasteiger partial charge in [-0.1, -0.05) is 60.7 Å². The number of H-pyrrole nitrogens is 1. The van der Waals surface area contributed by atoms with E-state index in [2.05, 4.69) is 102 Å². The Morgan fingerprint density at radius 2 is 1.43 bits per heavy atom. The number of nitrogens with zero attached hydrogens (tertiary/aromatic N) is 1. The number of rotatable bonds is 2. The summed E-state index contributed by atoms with van der Waals surface area (Å²) in [5.41, 5.74) is 7.74. The van der Waals surface area contributed by atoms with Crippen LogP contribution in [-0.2, 0) is 13.5 Å². The molecular weight excluding hydrogens is 340 g/mol. The zero-order valence-corrected chi connectivity index (χ0v) is 15.7. The molecule has 2 nitrogen and oxygen atoms in total. The number of aromatic nitrogens is 2. The fourth-order valence-electron chi connectivity index (χ4n) is 4.69. The van der Waals surface area contributed by atoms with E-state index in [1.54, 1.807) is 0 Å². The molecule has 2 heteroatoms. The molecule has 0 amide bonds. The van der Waals surface area contributed by atoms with Crippen molar-refractivity contribution >= 4 is 43.6 Å². The van der Waals surface area contributed by atoms with Crippen LogP contribution in [0.2, 0.25) is 0 Å². The molecule has 0 saturated heterocycles. The Bertz CT molecular complexity index is 1500. The Morgan fingerprint density at radius 3 is 2.36 bits per heavy atom. The second-order valence-electron chi connectivity index (χ2n) is 7.62. The number of aryl methyl sites for hydroxylation is 1. The fourth-order valence-corrected chi connectivity index (χ4v) is 4.69. The van der Waals surface area contributed by atoms with Crippen LogP contribution in [0.5, 0.6) is 0 Å². The van der Waals surface area contributed by atoms with Gasteiger partial charge < -0.3 is 9.55 Å². The number of aromatic amines is 1. The smallest absolute Gasteiger partial charge is 0.0524 e. The van der Waals surface area contributed by atoms with E-state index in [0.29, 0.717) is 0 Å². The van der Waals surface area contributed by atoms with Crippen LogP contribution in [0, 0.1) is 0 Å². The lowest BCUT2D eigenvalue weighted by Gasteiger charge is -2.07. The summed E-state index contributed by atoms with van der Waals surface area (Å²) in [6.45, 7) is 0. The molecular formula is C26H20N2. The van der Waals surface area contributed by atoms with Gasteiger partial charge >= 0.3 is 0 Å². The van der Waals surface area contributed by atoms with Crippen LogP contribution in [0.3, 0.4) is 0 Å². The molecule has 0 aliphatic heterocycles. The van der Waals surface area contributed by atoms with Crippen molar-refractivity contribution in [3.8, 4) is 0 Å². The average Bonchev–Trinajstić information content (AvgIpc) is 3.25. The van der Waals surface area contributed by atoms with Gasteiger partial charge in [-0.25, -0.2) is 0 Å². The molecule has 28 heavy (non-hydrogen) atoms. The highest BCUT2D eigenvalue weighted by atomic mass is 14.9. The van der Waals surface area contributed by atoms with Gasteiger partial charge in [0.1, 0.15) is 0 Å². The molecule has 0 saturated carbocycles. The molecule has 6 aromatic rings. The van der Waals surface area contributed by atoms with Crippen LogP contribution in [0.25, 0.3) is 43.6 Å². The van der Waals surface area contributed by atoms with Crippen LogP contribution < -0.4 is 0 Å². The molecule has 0 unspecified atom stereocenters.